The molecule has 0 saturated heterocycles. The predicted octanol–water partition coefficient (Wildman–Crippen LogP) is 7.86. The summed E-state index contributed by atoms with van der Waals surface area (Å²) in [6, 6.07) is 31.8. The molecule has 0 atom stereocenters. The van der Waals surface area contributed by atoms with Crippen LogP contribution in [0.1, 0.15) is 5.56 Å². The third-order valence-electron chi connectivity index (χ3n) is 6.53. The van der Waals surface area contributed by atoms with E-state index in [9.17, 15) is 0 Å². The van der Waals surface area contributed by atoms with Crippen LogP contribution in [-0.2, 0) is 7.05 Å². The molecule has 0 fully saturated rings. The molecule has 34 heavy (non-hydrogen) atoms. The van der Waals surface area contributed by atoms with Crippen LogP contribution in [0.3, 0.4) is 0 Å². The summed E-state index contributed by atoms with van der Waals surface area (Å²) in [5.74, 6) is -0.257. The van der Waals surface area contributed by atoms with Crippen LogP contribution in [0.25, 0.3) is 55.4 Å². The van der Waals surface area contributed by atoms with Gasteiger partial charge in [0.05, 0.1) is 5.56 Å². The summed E-state index contributed by atoms with van der Waals surface area (Å²) < 4.78 is 24.0. The Balaban J connectivity index is 1.56. The molecule has 0 aliphatic rings. The van der Waals surface area contributed by atoms with E-state index in [4.69, 9.17) is 4.42 Å². The minimum Gasteiger partial charge on any atom is -0.455 e. The van der Waals surface area contributed by atoms with Gasteiger partial charge in [-0.25, -0.2) is 8.96 Å². The summed E-state index contributed by atoms with van der Waals surface area (Å²) in [6.07, 6.45) is 2.02. The molecular formula is C31H23FNO+. The average molecular weight is 445 g/mol. The Labute approximate surface area is 197 Å². The number of hydrogen-bond donors (Lipinski definition) is 0. The standard InChI is InChI=1S/C31H23FNO/c1-20-14-15-24-26-18-27(32)25(23-12-8-11-22(17-23)21-9-4-3-5-10-21)19-29(26)34-31(24)30(20)28-13-6-7-16-33(28)2/h3-19H,1-2H3/q+1. The Morgan fingerprint density at radius 3 is 2.29 bits per heavy atom. The number of rotatable bonds is 3. The summed E-state index contributed by atoms with van der Waals surface area (Å²) in [5, 5.41) is 1.71. The molecule has 0 aliphatic carbocycles. The number of hydrogen-bond acceptors (Lipinski definition) is 1. The summed E-state index contributed by atoms with van der Waals surface area (Å²) in [6.45, 7) is 2.08. The second-order valence-electron chi connectivity index (χ2n) is 8.71. The zero-order valence-electron chi connectivity index (χ0n) is 19.0. The lowest BCUT2D eigenvalue weighted by molar-refractivity contribution is -0.660. The molecule has 2 aromatic heterocycles. The van der Waals surface area contributed by atoms with Crippen LogP contribution in [0.2, 0.25) is 0 Å². The molecule has 3 heteroatoms. The number of furan rings is 1. The van der Waals surface area contributed by atoms with Gasteiger partial charge in [-0.05, 0) is 53.4 Å². The Bertz CT molecular complexity index is 1680. The number of pyridine rings is 1. The van der Waals surface area contributed by atoms with Crippen LogP contribution in [0.4, 0.5) is 4.39 Å². The third kappa shape index (κ3) is 3.29. The first kappa shape index (κ1) is 20.4. The fourth-order valence-corrected chi connectivity index (χ4v) is 4.78. The molecule has 2 nitrogen and oxygen atoms in total. The van der Waals surface area contributed by atoms with Crippen molar-refractivity contribution in [2.45, 2.75) is 6.92 Å². The van der Waals surface area contributed by atoms with Gasteiger partial charge in [-0.1, -0.05) is 60.7 Å². The lowest BCUT2D eigenvalue weighted by Crippen LogP contribution is -2.30. The van der Waals surface area contributed by atoms with Crippen molar-refractivity contribution < 1.29 is 13.4 Å². The van der Waals surface area contributed by atoms with Gasteiger partial charge in [0.2, 0.25) is 5.69 Å². The molecule has 0 N–H and O–H groups in total. The van der Waals surface area contributed by atoms with E-state index in [0.29, 0.717) is 11.1 Å². The molecule has 0 saturated carbocycles. The second-order valence-corrected chi connectivity index (χ2v) is 8.71. The van der Waals surface area contributed by atoms with Crippen LogP contribution in [-0.4, -0.2) is 0 Å². The smallest absolute Gasteiger partial charge is 0.216 e. The van der Waals surface area contributed by atoms with Gasteiger partial charge in [0.15, 0.2) is 6.20 Å². The van der Waals surface area contributed by atoms with Crippen molar-refractivity contribution in [2.75, 3.05) is 0 Å². The SMILES string of the molecule is Cc1ccc2c(oc3cc(-c4cccc(-c5ccccc5)c4)c(F)cc32)c1-c1cccc[n+]1C. The molecule has 0 amide bonds. The summed E-state index contributed by atoms with van der Waals surface area (Å²) in [5.41, 5.74) is 8.19. The van der Waals surface area contributed by atoms with Crippen LogP contribution in [0, 0.1) is 12.7 Å². The fourth-order valence-electron chi connectivity index (χ4n) is 4.78. The van der Waals surface area contributed by atoms with Crippen molar-refractivity contribution >= 4 is 21.9 Å². The van der Waals surface area contributed by atoms with Crippen molar-refractivity contribution in [1.29, 1.82) is 0 Å². The Morgan fingerprint density at radius 1 is 0.706 bits per heavy atom. The largest absolute Gasteiger partial charge is 0.455 e. The van der Waals surface area contributed by atoms with Crippen molar-refractivity contribution in [3.8, 4) is 33.5 Å². The zero-order chi connectivity index (χ0) is 23.2. The maximum Gasteiger partial charge on any atom is 0.216 e. The van der Waals surface area contributed by atoms with E-state index in [1.165, 1.54) is 0 Å². The first-order valence-corrected chi connectivity index (χ1v) is 11.4. The molecule has 0 spiro atoms. The third-order valence-corrected chi connectivity index (χ3v) is 6.53. The van der Waals surface area contributed by atoms with Crippen LogP contribution in [0.15, 0.2) is 108 Å². The van der Waals surface area contributed by atoms with E-state index in [0.717, 1.165) is 49.9 Å². The highest BCUT2D eigenvalue weighted by Crippen LogP contribution is 2.39. The number of benzene rings is 4. The molecule has 0 bridgehead atoms. The van der Waals surface area contributed by atoms with Crippen molar-refractivity contribution in [3.05, 3.63) is 115 Å². The Morgan fingerprint density at radius 2 is 1.47 bits per heavy atom. The first-order chi connectivity index (χ1) is 16.6. The highest BCUT2D eigenvalue weighted by atomic mass is 19.1. The number of aromatic nitrogens is 1. The molecule has 164 valence electrons. The van der Waals surface area contributed by atoms with Gasteiger partial charge < -0.3 is 4.42 Å². The summed E-state index contributed by atoms with van der Waals surface area (Å²) in [7, 11) is 2.02. The highest BCUT2D eigenvalue weighted by molar-refractivity contribution is 6.10. The molecule has 0 aliphatic heterocycles. The normalized spacial score (nSPS) is 11.4. The average Bonchev–Trinajstić information content (AvgIpc) is 3.22. The van der Waals surface area contributed by atoms with Gasteiger partial charge in [0.25, 0.3) is 0 Å². The van der Waals surface area contributed by atoms with Crippen LogP contribution >= 0.6 is 0 Å². The first-order valence-electron chi connectivity index (χ1n) is 11.4. The van der Waals surface area contributed by atoms with E-state index in [1.807, 2.05) is 80.0 Å². The predicted molar refractivity (Wildman–Crippen MR) is 136 cm³/mol. The molecule has 0 radical (unpaired) electrons. The van der Waals surface area contributed by atoms with Gasteiger partial charge in [-0.3, -0.25) is 0 Å². The van der Waals surface area contributed by atoms with E-state index in [1.54, 1.807) is 6.07 Å². The lowest BCUT2D eigenvalue weighted by Gasteiger charge is -2.07. The van der Waals surface area contributed by atoms with Gasteiger partial charge in [-0.2, -0.15) is 0 Å². The molecule has 4 aromatic carbocycles. The quantitative estimate of drug-likeness (QED) is 0.254. The van der Waals surface area contributed by atoms with E-state index < -0.39 is 0 Å². The molecule has 6 aromatic rings. The van der Waals surface area contributed by atoms with Crippen molar-refractivity contribution in [3.63, 3.8) is 0 Å². The summed E-state index contributed by atoms with van der Waals surface area (Å²) >= 11 is 0. The maximum atomic E-state index is 15.5. The Kier molecular flexibility index (Phi) is 4.77. The van der Waals surface area contributed by atoms with Crippen molar-refractivity contribution in [2.24, 2.45) is 7.05 Å². The van der Waals surface area contributed by atoms with Crippen LogP contribution in [0.5, 0.6) is 0 Å². The van der Waals surface area contributed by atoms with Crippen molar-refractivity contribution in [1.82, 2.24) is 0 Å². The van der Waals surface area contributed by atoms with E-state index in [2.05, 4.69) is 35.8 Å². The van der Waals surface area contributed by atoms with Gasteiger partial charge in [0.1, 0.15) is 24.0 Å². The fraction of sp³-hybridized carbons (Fsp3) is 0.0645. The number of fused-ring (bicyclic) bond motifs is 3. The Hall–Kier alpha value is -4.24. The number of halogens is 1. The van der Waals surface area contributed by atoms with E-state index in [-0.39, 0.29) is 5.82 Å². The monoisotopic (exact) mass is 444 g/mol. The van der Waals surface area contributed by atoms with Gasteiger partial charge >= 0.3 is 0 Å². The molecular weight excluding hydrogens is 421 g/mol. The van der Waals surface area contributed by atoms with Gasteiger partial charge in [-0.15, -0.1) is 0 Å². The van der Waals surface area contributed by atoms with Crippen LogP contribution < -0.4 is 4.57 Å². The molecule has 2 heterocycles. The van der Waals surface area contributed by atoms with E-state index >= 15 is 4.39 Å². The summed E-state index contributed by atoms with van der Waals surface area (Å²) in [4.78, 5) is 0. The minimum absolute atomic E-state index is 0.257. The minimum atomic E-state index is -0.257. The molecule has 0 unspecified atom stereocenters. The number of nitrogens with zero attached hydrogens (tertiary/aromatic N) is 1. The zero-order valence-corrected chi connectivity index (χ0v) is 19.0. The molecule has 6 rings (SSSR count). The lowest BCUT2D eigenvalue weighted by atomic mass is 9.97. The second kappa shape index (κ2) is 7.96. The maximum absolute atomic E-state index is 15.5. The van der Waals surface area contributed by atoms with Gasteiger partial charge in [0, 0.05) is 28.5 Å². The number of aryl methyl sites for hydroxylation is 2. The highest BCUT2D eigenvalue weighted by Gasteiger charge is 2.21. The topological polar surface area (TPSA) is 17.0 Å².